The summed E-state index contributed by atoms with van der Waals surface area (Å²) in [5, 5.41) is 0. The summed E-state index contributed by atoms with van der Waals surface area (Å²) in [7, 11) is 1.60. The van der Waals surface area contributed by atoms with Crippen LogP contribution in [0.25, 0.3) is 0 Å². The van der Waals surface area contributed by atoms with Crippen LogP contribution in [0, 0.1) is 5.82 Å². The molecule has 1 rings (SSSR count). The fraction of sp³-hybridized carbons (Fsp3) is 0.333. The molecule has 0 aliphatic carbocycles. The second kappa shape index (κ2) is 4.01. The summed E-state index contributed by atoms with van der Waals surface area (Å²) in [6.45, 7) is 1.87. The van der Waals surface area contributed by atoms with Crippen LogP contribution < -0.4 is 0 Å². The van der Waals surface area contributed by atoms with Crippen LogP contribution in [0.2, 0.25) is 0 Å². The van der Waals surface area contributed by atoms with Gasteiger partial charge in [0.2, 0.25) is 0 Å². The molecule has 1 aromatic carbocycles. The van der Waals surface area contributed by atoms with Gasteiger partial charge in [-0.25, -0.2) is 4.39 Å². The van der Waals surface area contributed by atoms with Gasteiger partial charge in [-0.3, -0.25) is 0 Å². The standard InChI is InChI=1S/C9H10BrFO/c1-6(12-2)8-5-7(11)3-4-9(8)10/h3-6H,1-2H3. The average molecular weight is 233 g/mol. The fourth-order valence-electron chi connectivity index (χ4n) is 0.953. The maximum atomic E-state index is 12.8. The van der Waals surface area contributed by atoms with Crippen LogP contribution in [0.3, 0.4) is 0 Å². The molecule has 0 aliphatic heterocycles. The second-order valence-electron chi connectivity index (χ2n) is 2.54. The van der Waals surface area contributed by atoms with Crippen molar-refractivity contribution in [2.45, 2.75) is 13.0 Å². The number of hydrogen-bond acceptors (Lipinski definition) is 1. The molecule has 0 aromatic heterocycles. The summed E-state index contributed by atoms with van der Waals surface area (Å²) < 4.78 is 18.7. The third kappa shape index (κ3) is 2.05. The highest BCUT2D eigenvalue weighted by atomic mass is 79.9. The normalized spacial score (nSPS) is 13.0. The van der Waals surface area contributed by atoms with Gasteiger partial charge in [-0.05, 0) is 30.7 Å². The zero-order valence-corrected chi connectivity index (χ0v) is 8.56. The van der Waals surface area contributed by atoms with Gasteiger partial charge in [-0.15, -0.1) is 0 Å². The Morgan fingerprint density at radius 1 is 1.50 bits per heavy atom. The number of hydrogen-bond donors (Lipinski definition) is 0. The van der Waals surface area contributed by atoms with Crippen LogP contribution in [0.15, 0.2) is 22.7 Å². The number of rotatable bonds is 2. The van der Waals surface area contributed by atoms with Crippen molar-refractivity contribution in [2.75, 3.05) is 7.11 Å². The van der Waals surface area contributed by atoms with Crippen LogP contribution in [0.1, 0.15) is 18.6 Å². The Labute approximate surface area is 79.7 Å². The van der Waals surface area contributed by atoms with Crippen molar-refractivity contribution in [3.63, 3.8) is 0 Å². The van der Waals surface area contributed by atoms with Crippen LogP contribution >= 0.6 is 15.9 Å². The van der Waals surface area contributed by atoms with Crippen molar-refractivity contribution in [3.8, 4) is 0 Å². The van der Waals surface area contributed by atoms with Crippen LogP contribution in [0.4, 0.5) is 4.39 Å². The van der Waals surface area contributed by atoms with E-state index in [0.29, 0.717) is 0 Å². The Morgan fingerprint density at radius 3 is 2.75 bits per heavy atom. The van der Waals surface area contributed by atoms with Gasteiger partial charge in [0.1, 0.15) is 5.82 Å². The lowest BCUT2D eigenvalue weighted by Gasteiger charge is -2.11. The van der Waals surface area contributed by atoms with Crippen molar-refractivity contribution in [1.29, 1.82) is 0 Å². The van der Waals surface area contributed by atoms with Gasteiger partial charge in [0.15, 0.2) is 0 Å². The van der Waals surface area contributed by atoms with E-state index in [1.54, 1.807) is 13.2 Å². The molecule has 0 amide bonds. The highest BCUT2D eigenvalue weighted by Crippen LogP contribution is 2.25. The number of benzene rings is 1. The first-order chi connectivity index (χ1) is 5.65. The first-order valence-electron chi connectivity index (χ1n) is 3.63. The predicted molar refractivity (Wildman–Crippen MR) is 49.5 cm³/mol. The molecule has 0 saturated carbocycles. The summed E-state index contributed by atoms with van der Waals surface area (Å²) in [4.78, 5) is 0. The van der Waals surface area contributed by atoms with Crippen molar-refractivity contribution in [3.05, 3.63) is 34.1 Å². The zero-order chi connectivity index (χ0) is 9.14. The molecule has 0 fully saturated rings. The summed E-state index contributed by atoms with van der Waals surface area (Å²) in [6, 6.07) is 4.56. The van der Waals surface area contributed by atoms with E-state index in [-0.39, 0.29) is 11.9 Å². The molecule has 0 heterocycles. The Kier molecular flexibility index (Phi) is 3.23. The molecule has 0 N–H and O–H groups in total. The Balaban J connectivity index is 3.04. The van der Waals surface area contributed by atoms with E-state index in [9.17, 15) is 4.39 Å². The lowest BCUT2D eigenvalue weighted by atomic mass is 10.1. The van der Waals surface area contributed by atoms with Gasteiger partial charge < -0.3 is 4.74 Å². The molecule has 0 saturated heterocycles. The maximum Gasteiger partial charge on any atom is 0.123 e. The quantitative estimate of drug-likeness (QED) is 0.761. The van der Waals surface area contributed by atoms with E-state index in [1.807, 2.05) is 6.92 Å². The Morgan fingerprint density at radius 2 is 2.17 bits per heavy atom. The van der Waals surface area contributed by atoms with Gasteiger partial charge in [0.25, 0.3) is 0 Å². The Hall–Kier alpha value is -0.410. The van der Waals surface area contributed by atoms with Gasteiger partial charge >= 0.3 is 0 Å². The van der Waals surface area contributed by atoms with E-state index in [4.69, 9.17) is 4.74 Å². The second-order valence-corrected chi connectivity index (χ2v) is 3.40. The third-order valence-corrected chi connectivity index (χ3v) is 2.47. The van der Waals surface area contributed by atoms with Crippen LogP contribution in [-0.2, 0) is 4.74 Å². The Bertz CT molecular complexity index is 275. The lowest BCUT2D eigenvalue weighted by molar-refractivity contribution is 0.118. The number of halogens is 2. The molecule has 0 bridgehead atoms. The predicted octanol–water partition coefficient (Wildman–Crippen LogP) is 3.30. The molecule has 1 nitrogen and oxygen atoms in total. The molecular formula is C9H10BrFO. The topological polar surface area (TPSA) is 9.23 Å². The molecular weight excluding hydrogens is 223 g/mol. The number of ether oxygens (including phenoxy) is 1. The lowest BCUT2D eigenvalue weighted by Crippen LogP contribution is -1.97. The van der Waals surface area contributed by atoms with Gasteiger partial charge in [-0.2, -0.15) is 0 Å². The first kappa shape index (κ1) is 9.68. The molecule has 0 aliphatic rings. The minimum atomic E-state index is -0.239. The molecule has 1 atom stereocenters. The smallest absolute Gasteiger partial charge is 0.123 e. The van der Waals surface area contributed by atoms with Crippen LogP contribution in [-0.4, -0.2) is 7.11 Å². The molecule has 0 radical (unpaired) electrons. The number of methoxy groups -OCH3 is 1. The third-order valence-electron chi connectivity index (χ3n) is 1.75. The fourth-order valence-corrected chi connectivity index (χ4v) is 1.52. The van der Waals surface area contributed by atoms with Crippen molar-refractivity contribution < 1.29 is 9.13 Å². The molecule has 1 aromatic rings. The zero-order valence-electron chi connectivity index (χ0n) is 6.97. The van der Waals surface area contributed by atoms with E-state index in [2.05, 4.69) is 15.9 Å². The molecule has 3 heteroatoms. The largest absolute Gasteiger partial charge is 0.377 e. The summed E-state index contributed by atoms with van der Waals surface area (Å²) in [6.07, 6.45) is -0.0879. The highest BCUT2D eigenvalue weighted by Gasteiger charge is 2.08. The highest BCUT2D eigenvalue weighted by molar-refractivity contribution is 9.10. The minimum Gasteiger partial charge on any atom is -0.377 e. The molecule has 0 spiro atoms. The maximum absolute atomic E-state index is 12.8. The van der Waals surface area contributed by atoms with Gasteiger partial charge in [0.05, 0.1) is 6.10 Å². The average Bonchev–Trinajstić information content (AvgIpc) is 2.08. The van der Waals surface area contributed by atoms with Crippen LogP contribution in [0.5, 0.6) is 0 Å². The van der Waals surface area contributed by atoms with E-state index < -0.39 is 0 Å². The molecule has 1 unspecified atom stereocenters. The minimum absolute atomic E-state index is 0.0879. The van der Waals surface area contributed by atoms with E-state index in [1.165, 1.54) is 12.1 Å². The van der Waals surface area contributed by atoms with Gasteiger partial charge in [-0.1, -0.05) is 15.9 Å². The van der Waals surface area contributed by atoms with Gasteiger partial charge in [0, 0.05) is 11.6 Å². The van der Waals surface area contributed by atoms with E-state index >= 15 is 0 Å². The van der Waals surface area contributed by atoms with Crippen molar-refractivity contribution in [1.82, 2.24) is 0 Å². The molecule has 66 valence electrons. The van der Waals surface area contributed by atoms with Crippen molar-refractivity contribution in [2.24, 2.45) is 0 Å². The van der Waals surface area contributed by atoms with E-state index in [0.717, 1.165) is 10.0 Å². The van der Waals surface area contributed by atoms with Crippen molar-refractivity contribution >= 4 is 15.9 Å². The summed E-state index contributed by atoms with van der Waals surface area (Å²) in [5.74, 6) is -0.239. The SMILES string of the molecule is COC(C)c1cc(F)ccc1Br. The first-order valence-corrected chi connectivity index (χ1v) is 4.42. The molecule has 12 heavy (non-hydrogen) atoms. The summed E-state index contributed by atoms with van der Waals surface area (Å²) in [5.41, 5.74) is 0.831. The summed E-state index contributed by atoms with van der Waals surface area (Å²) >= 11 is 3.33. The monoisotopic (exact) mass is 232 g/mol.